The quantitative estimate of drug-likeness (QED) is 0.499. The van der Waals surface area contributed by atoms with Gasteiger partial charge in [-0.3, -0.25) is 14.5 Å². The third kappa shape index (κ3) is 4.63. The van der Waals surface area contributed by atoms with Crippen LogP contribution in [0.1, 0.15) is 55.0 Å². The standard InChI is InChI=1S/C25H27ClN4O2S2/c1-25(2,3)23-21-22(18-8-5-11-33-18)34-14-20(32)29(13-19(31)27-16-9-10-16)24(21)30(28-23)17-7-4-6-15(26)12-17/h4-8,11-12,16,22H,9-10,13-14H2,1-3H3,(H,27,31)/t22-/m0/s1. The molecule has 1 N–H and O–H groups in total. The molecular formula is C25H27ClN4O2S2. The van der Waals surface area contributed by atoms with E-state index in [1.807, 2.05) is 30.3 Å². The number of aromatic nitrogens is 2. The normalized spacial score (nSPS) is 18.5. The Morgan fingerprint density at radius 1 is 1.24 bits per heavy atom. The number of halogens is 1. The fourth-order valence-electron chi connectivity index (χ4n) is 4.17. The summed E-state index contributed by atoms with van der Waals surface area (Å²) in [7, 11) is 0. The molecule has 34 heavy (non-hydrogen) atoms. The predicted molar refractivity (Wildman–Crippen MR) is 139 cm³/mol. The highest BCUT2D eigenvalue weighted by molar-refractivity contribution is 8.00. The van der Waals surface area contributed by atoms with E-state index in [1.165, 1.54) is 4.88 Å². The number of hydrogen-bond acceptors (Lipinski definition) is 5. The van der Waals surface area contributed by atoms with Crippen molar-refractivity contribution in [2.75, 3.05) is 17.2 Å². The van der Waals surface area contributed by atoms with E-state index in [0.717, 1.165) is 29.8 Å². The lowest BCUT2D eigenvalue weighted by Gasteiger charge is -2.24. The van der Waals surface area contributed by atoms with Crippen LogP contribution in [-0.2, 0) is 15.0 Å². The summed E-state index contributed by atoms with van der Waals surface area (Å²) in [6.45, 7) is 6.36. The Bertz CT molecular complexity index is 1230. The molecule has 0 saturated heterocycles. The van der Waals surface area contributed by atoms with Crippen LogP contribution in [0.2, 0.25) is 5.02 Å². The average Bonchev–Trinajstić information content (AvgIpc) is 3.29. The highest BCUT2D eigenvalue weighted by Crippen LogP contribution is 2.49. The molecule has 2 aromatic heterocycles. The van der Waals surface area contributed by atoms with Crippen LogP contribution in [0.5, 0.6) is 0 Å². The third-order valence-electron chi connectivity index (χ3n) is 5.90. The minimum Gasteiger partial charge on any atom is -0.352 e. The van der Waals surface area contributed by atoms with Gasteiger partial charge in [-0.1, -0.05) is 44.5 Å². The highest BCUT2D eigenvalue weighted by Gasteiger charge is 2.40. The highest BCUT2D eigenvalue weighted by atomic mass is 35.5. The molecule has 9 heteroatoms. The number of nitrogens with zero attached hydrogens (tertiary/aromatic N) is 3. The molecule has 3 heterocycles. The summed E-state index contributed by atoms with van der Waals surface area (Å²) in [5.74, 6) is 0.705. The van der Waals surface area contributed by atoms with Gasteiger partial charge in [-0.05, 0) is 42.5 Å². The summed E-state index contributed by atoms with van der Waals surface area (Å²) >= 11 is 9.62. The van der Waals surface area contributed by atoms with Gasteiger partial charge in [-0.15, -0.1) is 23.1 Å². The van der Waals surface area contributed by atoms with Crippen molar-refractivity contribution < 1.29 is 9.59 Å². The van der Waals surface area contributed by atoms with Gasteiger partial charge >= 0.3 is 0 Å². The van der Waals surface area contributed by atoms with E-state index in [9.17, 15) is 9.59 Å². The van der Waals surface area contributed by atoms with Crippen molar-refractivity contribution in [3.8, 4) is 5.69 Å². The number of nitrogens with one attached hydrogen (secondary N) is 1. The minimum absolute atomic E-state index is 0.0318. The summed E-state index contributed by atoms with van der Waals surface area (Å²) in [6.07, 6.45) is 1.99. The molecule has 178 valence electrons. The topological polar surface area (TPSA) is 67.2 Å². The average molecular weight is 515 g/mol. The maximum Gasteiger partial charge on any atom is 0.240 e. The van der Waals surface area contributed by atoms with Crippen molar-refractivity contribution in [3.05, 3.63) is 62.9 Å². The molecule has 1 aliphatic heterocycles. The first-order valence-corrected chi connectivity index (χ1v) is 13.7. The van der Waals surface area contributed by atoms with E-state index >= 15 is 0 Å². The number of anilines is 1. The molecule has 3 aromatic rings. The number of benzene rings is 1. The molecule has 6 nitrogen and oxygen atoms in total. The van der Waals surface area contributed by atoms with Crippen molar-refractivity contribution in [3.63, 3.8) is 0 Å². The van der Waals surface area contributed by atoms with Crippen LogP contribution in [0.15, 0.2) is 41.8 Å². The maximum atomic E-state index is 13.5. The van der Waals surface area contributed by atoms with E-state index in [0.29, 0.717) is 10.8 Å². The Hall–Kier alpha value is -2.29. The van der Waals surface area contributed by atoms with Gasteiger partial charge in [0.15, 0.2) is 0 Å². The van der Waals surface area contributed by atoms with Crippen LogP contribution in [-0.4, -0.2) is 39.9 Å². The lowest BCUT2D eigenvalue weighted by molar-refractivity contribution is -0.123. The monoisotopic (exact) mass is 514 g/mol. The lowest BCUT2D eigenvalue weighted by Crippen LogP contribution is -2.43. The van der Waals surface area contributed by atoms with Crippen LogP contribution in [0.25, 0.3) is 5.69 Å². The first-order valence-electron chi connectivity index (χ1n) is 11.4. The Balaban J connectivity index is 1.74. The molecule has 0 unspecified atom stereocenters. The molecule has 1 aliphatic carbocycles. The largest absolute Gasteiger partial charge is 0.352 e. The van der Waals surface area contributed by atoms with Crippen LogP contribution < -0.4 is 10.2 Å². The number of hydrogen-bond donors (Lipinski definition) is 1. The molecule has 1 aromatic carbocycles. The zero-order valence-corrected chi connectivity index (χ0v) is 21.8. The molecule has 1 atom stereocenters. The van der Waals surface area contributed by atoms with Gasteiger partial charge in [-0.25, -0.2) is 4.68 Å². The molecule has 2 amide bonds. The molecule has 0 radical (unpaired) electrons. The molecule has 5 rings (SSSR count). The van der Waals surface area contributed by atoms with Crippen LogP contribution in [0.4, 0.5) is 5.82 Å². The summed E-state index contributed by atoms with van der Waals surface area (Å²) in [5, 5.41) is 10.7. The number of rotatable bonds is 5. The number of carbonyl (C=O) groups is 2. The van der Waals surface area contributed by atoms with E-state index < -0.39 is 0 Å². The van der Waals surface area contributed by atoms with Crippen LogP contribution in [0, 0.1) is 0 Å². The lowest BCUT2D eigenvalue weighted by atomic mass is 9.88. The van der Waals surface area contributed by atoms with Crippen LogP contribution in [0.3, 0.4) is 0 Å². The van der Waals surface area contributed by atoms with Gasteiger partial charge in [0.25, 0.3) is 0 Å². The van der Waals surface area contributed by atoms with Gasteiger partial charge in [0.05, 0.1) is 22.4 Å². The maximum absolute atomic E-state index is 13.5. The van der Waals surface area contributed by atoms with Crippen molar-refractivity contribution in [2.24, 2.45) is 0 Å². The molecule has 0 bridgehead atoms. The smallest absolute Gasteiger partial charge is 0.240 e. The summed E-state index contributed by atoms with van der Waals surface area (Å²) < 4.78 is 1.80. The molecular weight excluding hydrogens is 488 g/mol. The van der Waals surface area contributed by atoms with Crippen molar-refractivity contribution in [1.82, 2.24) is 15.1 Å². The fraction of sp³-hybridized carbons (Fsp3) is 0.400. The first-order chi connectivity index (χ1) is 16.2. The number of thiophene rings is 1. The number of carbonyl (C=O) groups excluding carboxylic acids is 2. The van der Waals surface area contributed by atoms with Gasteiger partial charge in [0, 0.05) is 26.9 Å². The van der Waals surface area contributed by atoms with Gasteiger partial charge in [0.1, 0.15) is 12.4 Å². The Kier molecular flexibility index (Phi) is 6.25. The van der Waals surface area contributed by atoms with Crippen molar-refractivity contribution in [1.29, 1.82) is 0 Å². The van der Waals surface area contributed by atoms with Gasteiger partial charge in [0.2, 0.25) is 11.8 Å². The zero-order chi connectivity index (χ0) is 24.0. The fourth-order valence-corrected chi connectivity index (χ4v) is 6.53. The second kappa shape index (κ2) is 9.06. The van der Waals surface area contributed by atoms with Gasteiger partial charge in [-0.2, -0.15) is 5.10 Å². The van der Waals surface area contributed by atoms with Gasteiger partial charge < -0.3 is 5.32 Å². The second-order valence-corrected chi connectivity index (χ2v) is 12.3. The Labute approximate surface area is 212 Å². The van der Waals surface area contributed by atoms with E-state index in [1.54, 1.807) is 32.7 Å². The summed E-state index contributed by atoms with van der Waals surface area (Å²) in [5.41, 5.74) is 2.39. The third-order valence-corrected chi connectivity index (χ3v) is 8.46. The molecule has 0 spiro atoms. The van der Waals surface area contributed by atoms with E-state index in [4.69, 9.17) is 16.7 Å². The SMILES string of the molecule is CC(C)(C)c1nn(-c2cccc(Cl)c2)c2c1[C@H](c1cccs1)SCC(=O)N2CC(=O)NC1CC1. The Morgan fingerprint density at radius 2 is 2.03 bits per heavy atom. The zero-order valence-electron chi connectivity index (χ0n) is 19.4. The Morgan fingerprint density at radius 3 is 2.68 bits per heavy atom. The predicted octanol–water partition coefficient (Wildman–Crippen LogP) is 5.33. The second-order valence-electron chi connectivity index (χ2n) is 9.76. The van der Waals surface area contributed by atoms with E-state index in [-0.39, 0.29) is 40.8 Å². The molecule has 1 fully saturated rings. The number of thioether (sulfide) groups is 1. The molecule has 2 aliphatic rings. The van der Waals surface area contributed by atoms with E-state index in [2.05, 4.69) is 37.5 Å². The number of amides is 2. The molecule has 1 saturated carbocycles. The van der Waals surface area contributed by atoms with Crippen molar-refractivity contribution >= 4 is 52.3 Å². The first kappa shape index (κ1) is 23.5. The van der Waals surface area contributed by atoms with Crippen molar-refractivity contribution in [2.45, 2.75) is 50.3 Å². The van der Waals surface area contributed by atoms with Crippen LogP contribution >= 0.6 is 34.7 Å². The summed E-state index contributed by atoms with van der Waals surface area (Å²) in [4.78, 5) is 29.2. The number of fused-ring (bicyclic) bond motifs is 1. The summed E-state index contributed by atoms with van der Waals surface area (Å²) in [6, 6.07) is 11.8. The minimum atomic E-state index is -0.278.